The SMILES string of the molecule is CCOC1CC(O)C12CCN(Cc1cnn(C)c1C1CC1)CC2. The second-order valence-electron chi connectivity index (χ2n) is 7.66. The van der Waals surface area contributed by atoms with Crippen LogP contribution in [-0.4, -0.2) is 51.7 Å². The molecule has 1 aromatic heterocycles. The van der Waals surface area contributed by atoms with Crippen LogP contribution in [0.15, 0.2) is 6.20 Å². The third kappa shape index (κ3) is 2.63. The Balaban J connectivity index is 1.39. The summed E-state index contributed by atoms with van der Waals surface area (Å²) in [6.45, 7) is 5.92. The molecule has 2 heterocycles. The summed E-state index contributed by atoms with van der Waals surface area (Å²) >= 11 is 0. The quantitative estimate of drug-likeness (QED) is 0.902. The van der Waals surface area contributed by atoms with Crippen molar-refractivity contribution in [1.29, 1.82) is 0 Å². The van der Waals surface area contributed by atoms with E-state index in [1.807, 2.05) is 0 Å². The first kappa shape index (κ1) is 15.6. The lowest BCUT2D eigenvalue weighted by Gasteiger charge is -2.56. The van der Waals surface area contributed by atoms with Crippen molar-refractivity contribution >= 4 is 0 Å². The molecule has 23 heavy (non-hydrogen) atoms. The lowest BCUT2D eigenvalue weighted by atomic mass is 9.58. The highest BCUT2D eigenvalue weighted by molar-refractivity contribution is 5.25. The average Bonchev–Trinajstić information content (AvgIpc) is 3.32. The van der Waals surface area contributed by atoms with Gasteiger partial charge in [0, 0.05) is 49.2 Å². The molecule has 128 valence electrons. The molecule has 3 aliphatic rings. The number of hydrogen-bond donors (Lipinski definition) is 1. The number of likely N-dealkylation sites (tertiary alicyclic amines) is 1. The number of aryl methyl sites for hydroxylation is 1. The Labute approximate surface area is 138 Å². The van der Waals surface area contributed by atoms with E-state index >= 15 is 0 Å². The molecule has 2 unspecified atom stereocenters. The first-order valence-corrected chi connectivity index (χ1v) is 9.17. The van der Waals surface area contributed by atoms with E-state index in [1.165, 1.54) is 24.1 Å². The summed E-state index contributed by atoms with van der Waals surface area (Å²) in [4.78, 5) is 2.53. The maximum atomic E-state index is 10.3. The molecule has 0 aromatic carbocycles. The summed E-state index contributed by atoms with van der Waals surface area (Å²) < 4.78 is 7.93. The van der Waals surface area contributed by atoms with Crippen LogP contribution in [0.3, 0.4) is 0 Å². The molecule has 5 heteroatoms. The van der Waals surface area contributed by atoms with E-state index in [2.05, 4.69) is 34.8 Å². The fourth-order valence-corrected chi connectivity index (χ4v) is 4.68. The van der Waals surface area contributed by atoms with Crippen molar-refractivity contribution in [3.63, 3.8) is 0 Å². The molecule has 2 saturated carbocycles. The van der Waals surface area contributed by atoms with Gasteiger partial charge in [-0.15, -0.1) is 0 Å². The van der Waals surface area contributed by atoms with Gasteiger partial charge in [-0.05, 0) is 45.7 Å². The smallest absolute Gasteiger partial charge is 0.0681 e. The summed E-state index contributed by atoms with van der Waals surface area (Å²) in [5, 5.41) is 14.8. The lowest BCUT2D eigenvalue weighted by Crippen LogP contribution is -2.62. The van der Waals surface area contributed by atoms with Crippen molar-refractivity contribution in [3.8, 4) is 0 Å². The van der Waals surface area contributed by atoms with E-state index < -0.39 is 0 Å². The van der Waals surface area contributed by atoms with Crippen molar-refractivity contribution in [2.45, 2.75) is 63.7 Å². The standard InChI is InChI=1S/C18H29N3O2/c1-3-23-16-10-15(22)18(16)6-8-21(9-7-18)12-14-11-19-20(2)17(14)13-4-5-13/h11,13,15-16,22H,3-10,12H2,1-2H3. The van der Waals surface area contributed by atoms with E-state index in [4.69, 9.17) is 4.74 Å². The zero-order valence-corrected chi connectivity index (χ0v) is 14.4. The molecule has 1 N–H and O–H groups in total. The van der Waals surface area contributed by atoms with E-state index in [1.54, 1.807) is 0 Å². The highest BCUT2D eigenvalue weighted by Gasteiger charge is 2.55. The molecule has 1 aliphatic heterocycles. The second kappa shape index (κ2) is 5.87. The number of nitrogens with zero attached hydrogens (tertiary/aromatic N) is 3. The van der Waals surface area contributed by atoms with Crippen LogP contribution < -0.4 is 0 Å². The first-order chi connectivity index (χ1) is 11.1. The summed E-state index contributed by atoms with van der Waals surface area (Å²) in [7, 11) is 2.07. The van der Waals surface area contributed by atoms with Crippen molar-refractivity contribution in [2.24, 2.45) is 12.5 Å². The zero-order chi connectivity index (χ0) is 16.0. The molecule has 0 bridgehead atoms. The molecule has 1 aromatic rings. The van der Waals surface area contributed by atoms with Gasteiger partial charge < -0.3 is 9.84 Å². The summed E-state index contributed by atoms with van der Waals surface area (Å²) in [6, 6.07) is 0. The molecule has 2 aliphatic carbocycles. The lowest BCUT2D eigenvalue weighted by molar-refractivity contribution is -0.209. The molecular formula is C18H29N3O2. The second-order valence-corrected chi connectivity index (χ2v) is 7.66. The number of rotatable bonds is 5. The monoisotopic (exact) mass is 319 g/mol. The van der Waals surface area contributed by atoms with Crippen LogP contribution in [0.2, 0.25) is 0 Å². The predicted octanol–water partition coefficient (Wildman–Crippen LogP) is 2.05. The molecule has 5 nitrogen and oxygen atoms in total. The Bertz CT molecular complexity index is 557. The minimum atomic E-state index is -0.165. The summed E-state index contributed by atoms with van der Waals surface area (Å²) in [5.74, 6) is 0.740. The van der Waals surface area contributed by atoms with Gasteiger partial charge in [0.1, 0.15) is 0 Å². The Morgan fingerprint density at radius 1 is 1.35 bits per heavy atom. The maximum absolute atomic E-state index is 10.3. The van der Waals surface area contributed by atoms with Gasteiger partial charge in [0.15, 0.2) is 0 Å². The molecular weight excluding hydrogens is 290 g/mol. The normalized spacial score (nSPS) is 30.6. The largest absolute Gasteiger partial charge is 0.392 e. The average molecular weight is 319 g/mol. The van der Waals surface area contributed by atoms with Gasteiger partial charge in [-0.25, -0.2) is 0 Å². The molecule has 1 spiro atoms. The van der Waals surface area contributed by atoms with E-state index in [0.717, 1.165) is 51.4 Å². The minimum Gasteiger partial charge on any atom is -0.392 e. The summed E-state index contributed by atoms with van der Waals surface area (Å²) in [6.07, 6.45) is 7.72. The molecule has 4 rings (SSSR count). The van der Waals surface area contributed by atoms with Crippen LogP contribution in [0.1, 0.15) is 56.2 Å². The topological polar surface area (TPSA) is 50.5 Å². The Morgan fingerprint density at radius 2 is 2.09 bits per heavy atom. The van der Waals surface area contributed by atoms with E-state index in [0.29, 0.717) is 0 Å². The van der Waals surface area contributed by atoms with Gasteiger partial charge in [-0.2, -0.15) is 5.10 Å². The molecule has 3 fully saturated rings. The highest BCUT2D eigenvalue weighted by Crippen LogP contribution is 2.51. The predicted molar refractivity (Wildman–Crippen MR) is 88.2 cm³/mol. The van der Waals surface area contributed by atoms with Crippen LogP contribution >= 0.6 is 0 Å². The van der Waals surface area contributed by atoms with Crippen molar-refractivity contribution in [2.75, 3.05) is 19.7 Å². The van der Waals surface area contributed by atoms with Crippen molar-refractivity contribution < 1.29 is 9.84 Å². The van der Waals surface area contributed by atoms with Crippen LogP contribution in [0.5, 0.6) is 0 Å². The summed E-state index contributed by atoms with van der Waals surface area (Å²) in [5.41, 5.74) is 2.88. The third-order valence-electron chi connectivity index (χ3n) is 6.32. The molecule has 0 radical (unpaired) electrons. The molecule has 1 saturated heterocycles. The molecule has 2 atom stereocenters. The third-order valence-corrected chi connectivity index (χ3v) is 6.32. The number of aliphatic hydroxyl groups is 1. The van der Waals surface area contributed by atoms with Crippen LogP contribution in [0.25, 0.3) is 0 Å². The van der Waals surface area contributed by atoms with Crippen LogP contribution in [-0.2, 0) is 18.3 Å². The maximum Gasteiger partial charge on any atom is 0.0681 e. The zero-order valence-electron chi connectivity index (χ0n) is 14.4. The number of ether oxygens (including phenoxy) is 1. The van der Waals surface area contributed by atoms with Gasteiger partial charge in [0.2, 0.25) is 0 Å². The molecule has 0 amide bonds. The van der Waals surface area contributed by atoms with Crippen molar-refractivity contribution in [3.05, 3.63) is 17.5 Å². The number of aliphatic hydroxyl groups excluding tert-OH is 1. The Morgan fingerprint density at radius 3 is 2.70 bits per heavy atom. The van der Waals surface area contributed by atoms with E-state index in [-0.39, 0.29) is 17.6 Å². The van der Waals surface area contributed by atoms with Gasteiger partial charge in [-0.1, -0.05) is 0 Å². The number of piperidine rings is 1. The first-order valence-electron chi connectivity index (χ1n) is 9.17. The van der Waals surface area contributed by atoms with Crippen LogP contribution in [0, 0.1) is 5.41 Å². The highest BCUT2D eigenvalue weighted by atomic mass is 16.5. The minimum absolute atomic E-state index is 0.0285. The fraction of sp³-hybridized carbons (Fsp3) is 0.833. The van der Waals surface area contributed by atoms with Crippen LogP contribution in [0.4, 0.5) is 0 Å². The fourth-order valence-electron chi connectivity index (χ4n) is 4.68. The van der Waals surface area contributed by atoms with Crippen molar-refractivity contribution in [1.82, 2.24) is 14.7 Å². The van der Waals surface area contributed by atoms with Gasteiger partial charge in [0.25, 0.3) is 0 Å². The number of aromatic nitrogens is 2. The van der Waals surface area contributed by atoms with Gasteiger partial charge in [-0.3, -0.25) is 9.58 Å². The Hall–Kier alpha value is -0.910. The Kier molecular flexibility index (Phi) is 3.98. The van der Waals surface area contributed by atoms with E-state index in [9.17, 15) is 5.11 Å². The van der Waals surface area contributed by atoms with Gasteiger partial charge >= 0.3 is 0 Å². The van der Waals surface area contributed by atoms with Gasteiger partial charge in [0.05, 0.1) is 18.4 Å². The number of hydrogen-bond acceptors (Lipinski definition) is 4.